The average molecular weight is 839 g/mol. The highest BCUT2D eigenvalue weighted by atomic mass is 127. The van der Waals surface area contributed by atoms with Crippen LogP contribution in [0.25, 0.3) is 46.1 Å². The van der Waals surface area contributed by atoms with E-state index in [2.05, 4.69) is 142 Å². The summed E-state index contributed by atoms with van der Waals surface area (Å²) in [4.78, 5) is 4.90. The molecule has 6 nitrogen and oxygen atoms in total. The van der Waals surface area contributed by atoms with Gasteiger partial charge in [-0.25, -0.2) is 0 Å². The number of rotatable bonds is 6. The van der Waals surface area contributed by atoms with Crippen molar-refractivity contribution in [2.24, 2.45) is 14.1 Å². The predicted octanol–water partition coefficient (Wildman–Crippen LogP) is -0.336. The van der Waals surface area contributed by atoms with Gasteiger partial charge < -0.3 is 67.2 Å². The van der Waals surface area contributed by atoms with E-state index in [1.165, 1.54) is 55.7 Å². The first-order chi connectivity index (χ1) is 21.7. The molecule has 0 amide bonds. The topological polar surface area (TPSA) is 32.7 Å². The molecule has 0 saturated carbocycles. The lowest BCUT2D eigenvalue weighted by Gasteiger charge is -2.29. The number of anilines is 2. The van der Waals surface area contributed by atoms with Crippen molar-refractivity contribution in [3.05, 3.63) is 107 Å². The number of halogens is 2. The molecule has 0 spiro atoms. The maximum absolute atomic E-state index is 5.64. The van der Waals surface area contributed by atoms with Crippen LogP contribution >= 0.6 is 0 Å². The van der Waals surface area contributed by atoms with E-state index in [-0.39, 0.29) is 48.0 Å². The molecule has 2 aliphatic heterocycles. The Morgan fingerprint density at radius 3 is 1.37 bits per heavy atom. The van der Waals surface area contributed by atoms with Crippen molar-refractivity contribution >= 4 is 57.5 Å². The molecule has 3 aromatic carbocycles. The van der Waals surface area contributed by atoms with Crippen LogP contribution in [0.2, 0.25) is 0 Å². The van der Waals surface area contributed by atoms with Crippen molar-refractivity contribution in [1.82, 2.24) is 0 Å². The van der Waals surface area contributed by atoms with Crippen molar-refractivity contribution in [2.75, 3.05) is 62.4 Å². The van der Waals surface area contributed by atoms with Crippen LogP contribution in [0, 0.1) is 0 Å². The second-order valence-electron chi connectivity index (χ2n) is 11.6. The van der Waals surface area contributed by atoms with Gasteiger partial charge in [0.2, 0.25) is 22.4 Å². The fourth-order valence-corrected chi connectivity index (χ4v) is 6.45. The maximum Gasteiger partial charge on any atom is 0.214 e. The molecule has 8 heteroatoms. The highest BCUT2D eigenvalue weighted by molar-refractivity contribution is 5.92. The molecule has 0 unspecified atom stereocenters. The van der Waals surface area contributed by atoms with Gasteiger partial charge in [-0.15, -0.1) is 0 Å². The first-order valence-electron chi connectivity index (χ1n) is 15.6. The van der Waals surface area contributed by atoms with Crippen LogP contribution in [-0.4, -0.2) is 52.6 Å². The van der Waals surface area contributed by atoms with Crippen LogP contribution in [0.3, 0.4) is 0 Å². The minimum atomic E-state index is 0. The number of aromatic nitrogens is 2. The van der Waals surface area contributed by atoms with Gasteiger partial charge in [-0.05, 0) is 41.5 Å². The Morgan fingerprint density at radius 2 is 0.935 bits per heavy atom. The van der Waals surface area contributed by atoms with Gasteiger partial charge in [-0.1, -0.05) is 42.5 Å². The molecule has 0 radical (unpaired) electrons. The van der Waals surface area contributed by atoms with E-state index in [0.29, 0.717) is 0 Å². The molecular weight excluding hydrogens is 798 g/mol. The van der Waals surface area contributed by atoms with Gasteiger partial charge in [0.25, 0.3) is 0 Å². The summed E-state index contributed by atoms with van der Waals surface area (Å²) in [7, 11) is 4.30. The zero-order chi connectivity index (χ0) is 29.9. The SMILES string of the molecule is C[n+]1c(/C=C/c2cccc(/C=C/c3cc(N4CCOCC4)c4ccccc4[n+]3C)c2)cc(N2CCOCC2)c2ccccc21.[I-].[I-]. The lowest BCUT2D eigenvalue weighted by atomic mass is 10.1. The number of para-hydroxylation sites is 2. The quantitative estimate of drug-likeness (QED) is 0.174. The Bertz CT molecular complexity index is 1750. The monoisotopic (exact) mass is 838 g/mol. The van der Waals surface area contributed by atoms with Crippen LogP contribution in [-0.2, 0) is 23.6 Å². The number of ether oxygens (including phenoxy) is 2. The lowest BCUT2D eigenvalue weighted by Crippen LogP contribution is -3.00. The van der Waals surface area contributed by atoms with E-state index in [0.717, 1.165) is 52.6 Å². The number of pyridine rings is 2. The van der Waals surface area contributed by atoms with E-state index in [4.69, 9.17) is 9.47 Å². The number of nitrogens with zero attached hydrogens (tertiary/aromatic N) is 4. The summed E-state index contributed by atoms with van der Waals surface area (Å²) in [5.74, 6) is 0. The molecule has 2 saturated heterocycles. The third-order valence-electron chi connectivity index (χ3n) is 8.93. The third-order valence-corrected chi connectivity index (χ3v) is 8.93. The van der Waals surface area contributed by atoms with Gasteiger partial charge >= 0.3 is 0 Å². The van der Waals surface area contributed by atoms with E-state index >= 15 is 0 Å². The Hall–Kier alpha value is -3.06. The summed E-state index contributed by atoms with van der Waals surface area (Å²) >= 11 is 0. The number of hydrogen-bond acceptors (Lipinski definition) is 4. The van der Waals surface area contributed by atoms with E-state index < -0.39 is 0 Å². The smallest absolute Gasteiger partial charge is 0.214 e. The molecule has 5 aromatic rings. The van der Waals surface area contributed by atoms with E-state index in [1.807, 2.05) is 0 Å². The van der Waals surface area contributed by atoms with Crippen molar-refractivity contribution in [2.45, 2.75) is 0 Å². The number of benzene rings is 3. The van der Waals surface area contributed by atoms with Gasteiger partial charge in [-0.3, -0.25) is 0 Å². The molecule has 0 bridgehead atoms. The molecule has 0 N–H and O–H groups in total. The Morgan fingerprint density at radius 1 is 0.522 bits per heavy atom. The summed E-state index contributed by atoms with van der Waals surface area (Å²) in [6.07, 6.45) is 8.91. The van der Waals surface area contributed by atoms with Crippen LogP contribution in [0.15, 0.2) is 84.9 Å². The molecule has 238 valence electrons. The average Bonchev–Trinajstić information content (AvgIpc) is 3.09. The summed E-state index contributed by atoms with van der Waals surface area (Å²) < 4.78 is 15.8. The number of aryl methyl sites for hydroxylation is 2. The largest absolute Gasteiger partial charge is 1.00 e. The van der Waals surface area contributed by atoms with Crippen LogP contribution in [0.5, 0.6) is 0 Å². The minimum Gasteiger partial charge on any atom is -1.00 e. The van der Waals surface area contributed by atoms with Gasteiger partial charge in [-0.2, -0.15) is 9.13 Å². The van der Waals surface area contributed by atoms with E-state index in [9.17, 15) is 0 Å². The molecular formula is C38H40I2N4O2. The third kappa shape index (κ3) is 7.25. The van der Waals surface area contributed by atoms with Gasteiger partial charge in [0.15, 0.2) is 0 Å². The summed E-state index contributed by atoms with van der Waals surface area (Å²) in [6.45, 7) is 6.74. The summed E-state index contributed by atoms with van der Waals surface area (Å²) in [5, 5.41) is 2.56. The molecule has 7 rings (SSSR count). The molecule has 2 aliphatic rings. The lowest BCUT2D eigenvalue weighted by molar-refractivity contribution is -0.646. The fraction of sp³-hybridized carbons (Fsp3) is 0.263. The molecule has 0 atom stereocenters. The van der Waals surface area contributed by atoms with Crippen molar-refractivity contribution in [3.8, 4) is 0 Å². The minimum absolute atomic E-state index is 0. The Balaban J connectivity index is 0.00000208. The van der Waals surface area contributed by atoms with Gasteiger partial charge in [0, 0.05) is 62.6 Å². The molecule has 46 heavy (non-hydrogen) atoms. The zero-order valence-electron chi connectivity index (χ0n) is 26.4. The van der Waals surface area contributed by atoms with Crippen molar-refractivity contribution < 1.29 is 66.6 Å². The molecule has 2 aromatic heterocycles. The zero-order valence-corrected chi connectivity index (χ0v) is 30.7. The number of fused-ring (bicyclic) bond motifs is 2. The summed E-state index contributed by atoms with van der Waals surface area (Å²) in [5.41, 5.74) is 9.70. The Labute approximate surface area is 306 Å². The number of morpholine rings is 2. The van der Waals surface area contributed by atoms with Crippen molar-refractivity contribution in [1.29, 1.82) is 0 Å². The van der Waals surface area contributed by atoms with Gasteiger partial charge in [0.05, 0.1) is 48.6 Å². The van der Waals surface area contributed by atoms with Crippen LogP contribution in [0.4, 0.5) is 11.4 Å². The van der Waals surface area contributed by atoms with E-state index in [1.54, 1.807) is 0 Å². The molecule has 0 aliphatic carbocycles. The maximum atomic E-state index is 5.64. The highest BCUT2D eigenvalue weighted by Gasteiger charge is 2.21. The van der Waals surface area contributed by atoms with Gasteiger partial charge in [0.1, 0.15) is 14.1 Å². The predicted molar refractivity (Wildman–Crippen MR) is 181 cm³/mol. The van der Waals surface area contributed by atoms with Crippen LogP contribution < -0.4 is 66.9 Å². The highest BCUT2D eigenvalue weighted by Crippen LogP contribution is 2.29. The second kappa shape index (κ2) is 15.7. The molecule has 2 fully saturated rings. The fourth-order valence-electron chi connectivity index (χ4n) is 6.45. The first-order valence-corrected chi connectivity index (χ1v) is 15.6. The molecule has 4 heterocycles. The first kappa shape index (κ1) is 34.3. The number of hydrogen-bond donors (Lipinski definition) is 0. The summed E-state index contributed by atoms with van der Waals surface area (Å²) in [6, 6.07) is 30.7. The van der Waals surface area contributed by atoms with Crippen molar-refractivity contribution in [3.63, 3.8) is 0 Å². The normalized spacial score (nSPS) is 15.4. The van der Waals surface area contributed by atoms with Crippen LogP contribution in [0.1, 0.15) is 22.5 Å². The second-order valence-corrected chi connectivity index (χ2v) is 11.6. The standard InChI is InChI=1S/C38H40N4O2.2HI/c1-39-31(27-37(41-18-22-43-23-19-41)33-10-3-5-12-35(33)39)16-14-29-8-7-9-30(26-29)15-17-32-28-38(42-20-24-44-25-21-42)34-11-4-6-13-36(34)40(32)2;;/h3-17,26-28H,18-25H2,1-2H3;2*1H/q+2;;/p-2/b16-14+,17-15+;;. The Kier molecular flexibility index (Phi) is 11.7.